The van der Waals surface area contributed by atoms with Crippen molar-refractivity contribution in [1.82, 2.24) is 4.98 Å². The minimum atomic E-state index is -0.553. The molecule has 0 fully saturated rings. The van der Waals surface area contributed by atoms with Crippen LogP contribution in [0.5, 0.6) is 0 Å². The maximum absolute atomic E-state index is 10.8. The summed E-state index contributed by atoms with van der Waals surface area (Å²) < 4.78 is 0. The van der Waals surface area contributed by atoms with E-state index < -0.39 is 4.92 Å². The van der Waals surface area contributed by atoms with Gasteiger partial charge in [-0.1, -0.05) is 0 Å². The van der Waals surface area contributed by atoms with Gasteiger partial charge in [-0.25, -0.2) is 4.98 Å². The third-order valence-electron chi connectivity index (χ3n) is 2.62. The summed E-state index contributed by atoms with van der Waals surface area (Å²) in [6, 6.07) is 6.35. The van der Waals surface area contributed by atoms with Gasteiger partial charge in [0.15, 0.2) is 0 Å². The Morgan fingerprint density at radius 1 is 1.58 bits per heavy atom. The molecule has 0 unspecified atom stereocenters. The van der Waals surface area contributed by atoms with E-state index in [1.54, 1.807) is 11.6 Å². The molecule has 1 aromatic heterocycles. The van der Waals surface area contributed by atoms with E-state index in [2.05, 4.69) is 4.98 Å². The molecule has 6 nitrogen and oxygen atoms in total. The van der Waals surface area contributed by atoms with Gasteiger partial charge in [0, 0.05) is 24.2 Å². The first-order valence-corrected chi connectivity index (χ1v) is 6.33. The summed E-state index contributed by atoms with van der Waals surface area (Å²) in [5.41, 5.74) is 3.31. The lowest BCUT2D eigenvalue weighted by molar-refractivity contribution is -0.385. The molecule has 0 amide bonds. The molecular weight excluding hydrogens is 264 g/mol. The second-order valence-corrected chi connectivity index (χ2v) is 4.62. The van der Waals surface area contributed by atoms with Crippen molar-refractivity contribution in [2.24, 2.45) is 0 Å². The van der Waals surface area contributed by atoms with Gasteiger partial charge in [-0.3, -0.25) is 10.1 Å². The molecule has 2 aromatic rings. The Bertz CT molecular complexity index is 634. The Labute approximate surface area is 113 Å². The summed E-state index contributed by atoms with van der Waals surface area (Å²) in [5.74, 6) is 0. The topological polar surface area (TPSA) is 83.1 Å². The molecule has 0 aliphatic heterocycles. The molecule has 0 radical (unpaired) electrons. The molecule has 0 saturated heterocycles. The van der Waals surface area contributed by atoms with E-state index in [0.717, 1.165) is 11.4 Å². The minimum absolute atomic E-state index is 0.0626. The largest absolute Gasteiger partial charge is 0.369 e. The predicted octanol–water partition coefficient (Wildman–Crippen LogP) is 2.56. The molecule has 2 rings (SSSR count). The van der Waals surface area contributed by atoms with Crippen molar-refractivity contribution in [1.29, 1.82) is 5.26 Å². The van der Waals surface area contributed by atoms with Crippen LogP contribution in [0.15, 0.2) is 29.1 Å². The fourth-order valence-corrected chi connectivity index (χ4v) is 2.21. The Hall–Kier alpha value is -2.46. The van der Waals surface area contributed by atoms with Crippen LogP contribution in [0, 0.1) is 21.4 Å². The minimum Gasteiger partial charge on any atom is -0.369 e. The van der Waals surface area contributed by atoms with Gasteiger partial charge in [-0.15, -0.1) is 11.3 Å². The zero-order valence-corrected chi connectivity index (χ0v) is 10.9. The monoisotopic (exact) mass is 274 g/mol. The van der Waals surface area contributed by atoms with Crippen molar-refractivity contribution in [2.45, 2.75) is 6.54 Å². The average Bonchev–Trinajstić information content (AvgIpc) is 2.90. The van der Waals surface area contributed by atoms with Crippen LogP contribution in [-0.2, 0) is 6.54 Å². The maximum atomic E-state index is 10.8. The van der Waals surface area contributed by atoms with Gasteiger partial charge in [0.1, 0.15) is 11.6 Å². The van der Waals surface area contributed by atoms with Crippen LogP contribution < -0.4 is 4.90 Å². The van der Waals surface area contributed by atoms with Crippen molar-refractivity contribution in [3.05, 3.63) is 50.5 Å². The lowest BCUT2D eigenvalue weighted by Crippen LogP contribution is -2.16. The zero-order chi connectivity index (χ0) is 13.8. The molecule has 1 heterocycles. The fraction of sp³-hybridized carbons (Fsp3) is 0.167. The van der Waals surface area contributed by atoms with Crippen LogP contribution >= 0.6 is 11.3 Å². The van der Waals surface area contributed by atoms with Crippen LogP contribution in [-0.4, -0.2) is 17.0 Å². The number of hydrogen-bond donors (Lipinski definition) is 0. The SMILES string of the molecule is CN(Cc1cscn1)c1ccc([N+](=O)[O-])c(C#N)c1. The summed E-state index contributed by atoms with van der Waals surface area (Å²) >= 11 is 1.51. The van der Waals surface area contributed by atoms with E-state index in [1.165, 1.54) is 23.5 Å². The molecule has 96 valence electrons. The molecule has 0 bridgehead atoms. The Balaban J connectivity index is 2.26. The Kier molecular flexibility index (Phi) is 3.73. The van der Waals surface area contributed by atoms with Crippen molar-refractivity contribution >= 4 is 22.7 Å². The highest BCUT2D eigenvalue weighted by atomic mass is 32.1. The van der Waals surface area contributed by atoms with Crippen molar-refractivity contribution in [2.75, 3.05) is 11.9 Å². The Morgan fingerprint density at radius 2 is 2.37 bits per heavy atom. The summed E-state index contributed by atoms with van der Waals surface area (Å²) in [7, 11) is 1.85. The highest BCUT2D eigenvalue weighted by Crippen LogP contribution is 2.24. The standard InChI is InChI=1S/C12H10N4O2S/c1-15(6-10-7-19-8-14-10)11-2-3-12(16(17)18)9(4-11)5-13/h2-4,7-8H,6H2,1H3. The van der Waals surface area contributed by atoms with Gasteiger partial charge in [-0.2, -0.15) is 5.26 Å². The number of nitriles is 1. The summed E-state index contributed by atoms with van der Waals surface area (Å²) in [4.78, 5) is 16.3. The molecule has 0 aliphatic carbocycles. The van der Waals surface area contributed by atoms with Crippen LogP contribution in [0.4, 0.5) is 11.4 Å². The number of nitro benzene ring substituents is 1. The summed E-state index contributed by atoms with van der Waals surface area (Å²) in [6.07, 6.45) is 0. The number of anilines is 1. The molecular formula is C12H10N4O2S. The maximum Gasteiger partial charge on any atom is 0.287 e. The van der Waals surface area contributed by atoms with E-state index in [9.17, 15) is 10.1 Å². The molecule has 7 heteroatoms. The number of hydrogen-bond acceptors (Lipinski definition) is 6. The van der Waals surface area contributed by atoms with Gasteiger partial charge < -0.3 is 4.90 Å². The third kappa shape index (κ3) is 2.86. The highest BCUT2D eigenvalue weighted by molar-refractivity contribution is 7.07. The van der Waals surface area contributed by atoms with Crippen molar-refractivity contribution in [3.63, 3.8) is 0 Å². The Morgan fingerprint density at radius 3 is 2.95 bits per heavy atom. The van der Waals surface area contributed by atoms with Crippen LogP contribution in [0.3, 0.4) is 0 Å². The number of nitrogens with zero attached hydrogens (tertiary/aromatic N) is 4. The van der Waals surface area contributed by atoms with E-state index in [-0.39, 0.29) is 11.3 Å². The quantitative estimate of drug-likeness (QED) is 0.632. The number of nitro groups is 1. The van der Waals surface area contributed by atoms with E-state index in [4.69, 9.17) is 5.26 Å². The van der Waals surface area contributed by atoms with Gasteiger partial charge in [0.05, 0.1) is 22.7 Å². The first-order valence-electron chi connectivity index (χ1n) is 5.38. The van der Waals surface area contributed by atoms with Crippen LogP contribution in [0.1, 0.15) is 11.3 Å². The van der Waals surface area contributed by atoms with Crippen LogP contribution in [0.2, 0.25) is 0 Å². The fourth-order valence-electron chi connectivity index (χ4n) is 1.66. The van der Waals surface area contributed by atoms with Crippen molar-refractivity contribution in [3.8, 4) is 6.07 Å². The number of rotatable bonds is 4. The van der Waals surface area contributed by atoms with E-state index in [1.807, 2.05) is 23.4 Å². The van der Waals surface area contributed by atoms with Gasteiger partial charge in [0.25, 0.3) is 5.69 Å². The highest BCUT2D eigenvalue weighted by Gasteiger charge is 2.15. The second-order valence-electron chi connectivity index (χ2n) is 3.91. The van der Waals surface area contributed by atoms with E-state index >= 15 is 0 Å². The summed E-state index contributed by atoms with van der Waals surface area (Å²) in [5, 5.41) is 21.6. The molecule has 0 aliphatic rings. The summed E-state index contributed by atoms with van der Waals surface area (Å²) in [6.45, 7) is 0.589. The molecule has 1 aromatic carbocycles. The molecule has 0 atom stereocenters. The van der Waals surface area contributed by atoms with Gasteiger partial charge in [0.2, 0.25) is 0 Å². The predicted molar refractivity (Wildman–Crippen MR) is 72.0 cm³/mol. The normalized spacial score (nSPS) is 9.89. The molecule has 0 spiro atoms. The lowest BCUT2D eigenvalue weighted by Gasteiger charge is -2.18. The number of benzene rings is 1. The lowest BCUT2D eigenvalue weighted by atomic mass is 10.1. The van der Waals surface area contributed by atoms with E-state index in [0.29, 0.717) is 6.54 Å². The molecule has 0 N–H and O–H groups in total. The van der Waals surface area contributed by atoms with Gasteiger partial charge in [-0.05, 0) is 12.1 Å². The first kappa shape index (κ1) is 13.0. The third-order valence-corrected chi connectivity index (χ3v) is 3.26. The van der Waals surface area contributed by atoms with Crippen LogP contribution in [0.25, 0.3) is 0 Å². The zero-order valence-electron chi connectivity index (χ0n) is 10.1. The van der Waals surface area contributed by atoms with Gasteiger partial charge >= 0.3 is 0 Å². The smallest absolute Gasteiger partial charge is 0.287 e. The molecule has 19 heavy (non-hydrogen) atoms. The van der Waals surface area contributed by atoms with Crippen molar-refractivity contribution < 1.29 is 4.92 Å². The number of aromatic nitrogens is 1. The first-order chi connectivity index (χ1) is 9.11. The molecule has 0 saturated carbocycles. The second kappa shape index (κ2) is 5.46. The average molecular weight is 274 g/mol. The number of thiazole rings is 1.